The molecule has 0 aliphatic carbocycles. The van der Waals surface area contributed by atoms with Crippen LogP contribution in [0.15, 0.2) is 42.6 Å². The normalized spacial score (nSPS) is 12.4. The molecule has 0 bridgehead atoms. The van der Waals surface area contributed by atoms with Crippen LogP contribution in [0.1, 0.15) is 32.2 Å². The Morgan fingerprint density at radius 3 is 2.41 bits per heavy atom. The summed E-state index contributed by atoms with van der Waals surface area (Å²) in [5.74, 6) is -0.554. The molecule has 2 aromatic rings. The van der Waals surface area contributed by atoms with Crippen molar-refractivity contribution >= 4 is 0 Å². The van der Waals surface area contributed by atoms with Gasteiger partial charge in [-0.2, -0.15) is 0 Å². The zero-order chi connectivity index (χ0) is 13.3. The summed E-state index contributed by atoms with van der Waals surface area (Å²) in [6, 6.07) is 12.5. The van der Waals surface area contributed by atoms with E-state index < -0.39 is 5.89 Å². The summed E-state index contributed by atoms with van der Waals surface area (Å²) in [5.41, 5.74) is 4.73. The minimum atomic E-state index is -0.554. The molecule has 1 heteroatoms. The summed E-state index contributed by atoms with van der Waals surface area (Å²) >= 11 is 0. The number of aromatic nitrogens is 1. The Morgan fingerprint density at radius 2 is 1.82 bits per heavy atom. The Labute approximate surface area is 105 Å². The topological polar surface area (TPSA) is 3.88 Å². The molecular formula is C16H20N+. The molecule has 0 unspecified atom stereocenters. The van der Waals surface area contributed by atoms with Crippen LogP contribution in [-0.2, 0) is 7.05 Å². The maximum absolute atomic E-state index is 8.07. The monoisotopic (exact) mass is 227 g/mol. The molecule has 1 heterocycles. The third-order valence-corrected chi connectivity index (χ3v) is 3.13. The number of benzene rings is 1. The van der Waals surface area contributed by atoms with Gasteiger partial charge >= 0.3 is 0 Å². The second kappa shape index (κ2) is 4.70. The molecule has 0 amide bonds. The van der Waals surface area contributed by atoms with Gasteiger partial charge in [0.2, 0.25) is 5.69 Å². The Kier molecular flexibility index (Phi) is 2.91. The van der Waals surface area contributed by atoms with Gasteiger partial charge in [0.1, 0.15) is 7.05 Å². The highest BCUT2D eigenvalue weighted by Gasteiger charge is 2.13. The van der Waals surface area contributed by atoms with Crippen molar-refractivity contribution in [2.24, 2.45) is 7.05 Å². The van der Waals surface area contributed by atoms with Crippen molar-refractivity contribution in [3.8, 4) is 11.3 Å². The van der Waals surface area contributed by atoms with Gasteiger partial charge in [-0.1, -0.05) is 32.0 Å². The van der Waals surface area contributed by atoms with Gasteiger partial charge < -0.3 is 0 Å². The minimum absolute atomic E-state index is 0.554. The zero-order valence-corrected chi connectivity index (χ0v) is 11.0. The van der Waals surface area contributed by atoms with Gasteiger partial charge in [0.25, 0.3) is 0 Å². The van der Waals surface area contributed by atoms with Crippen molar-refractivity contribution in [1.29, 1.82) is 0 Å². The molecule has 0 spiro atoms. The lowest BCUT2D eigenvalue weighted by molar-refractivity contribution is -0.660. The first-order chi connectivity index (χ1) is 8.39. The van der Waals surface area contributed by atoms with Crippen LogP contribution in [-0.4, -0.2) is 0 Å². The number of hydrogen-bond acceptors (Lipinski definition) is 0. The Morgan fingerprint density at radius 1 is 1.12 bits per heavy atom. The van der Waals surface area contributed by atoms with Crippen LogP contribution in [0, 0.1) is 6.92 Å². The first-order valence-electron chi connectivity index (χ1n) is 6.46. The van der Waals surface area contributed by atoms with Gasteiger partial charge in [-0.15, -0.1) is 0 Å². The number of aryl methyl sites for hydroxylation is 2. The largest absolute Gasteiger partial charge is 0.212 e. The maximum Gasteiger partial charge on any atom is 0.212 e. The van der Waals surface area contributed by atoms with Gasteiger partial charge in [0.05, 0.1) is 0 Å². The van der Waals surface area contributed by atoms with Gasteiger partial charge in [0, 0.05) is 18.6 Å². The summed E-state index contributed by atoms with van der Waals surface area (Å²) in [6.45, 7) is 5.95. The summed E-state index contributed by atoms with van der Waals surface area (Å²) in [6.07, 6.45) is 2.05. The molecule has 0 aliphatic rings. The number of pyridine rings is 1. The van der Waals surface area contributed by atoms with E-state index in [9.17, 15) is 0 Å². The van der Waals surface area contributed by atoms with E-state index in [2.05, 4.69) is 54.1 Å². The molecule has 1 aromatic heterocycles. The average molecular weight is 227 g/mol. The fourth-order valence-electron chi connectivity index (χ4n) is 2.04. The average Bonchev–Trinajstić information content (AvgIpc) is 2.29. The molecule has 0 aliphatic heterocycles. The number of rotatable bonds is 2. The van der Waals surface area contributed by atoms with E-state index in [4.69, 9.17) is 1.37 Å². The van der Waals surface area contributed by atoms with E-state index in [1.54, 1.807) is 0 Å². The predicted molar refractivity (Wildman–Crippen MR) is 71.9 cm³/mol. The van der Waals surface area contributed by atoms with E-state index in [-0.39, 0.29) is 0 Å². The van der Waals surface area contributed by atoms with Crippen LogP contribution in [0.3, 0.4) is 0 Å². The molecule has 88 valence electrons. The summed E-state index contributed by atoms with van der Waals surface area (Å²) in [7, 11) is 2.04. The third kappa shape index (κ3) is 2.38. The first-order valence-corrected chi connectivity index (χ1v) is 5.96. The first kappa shape index (κ1) is 10.5. The highest BCUT2D eigenvalue weighted by Crippen LogP contribution is 2.21. The van der Waals surface area contributed by atoms with Crippen LogP contribution < -0.4 is 4.57 Å². The third-order valence-electron chi connectivity index (χ3n) is 3.13. The highest BCUT2D eigenvalue weighted by molar-refractivity contribution is 5.60. The van der Waals surface area contributed by atoms with Crippen molar-refractivity contribution in [2.75, 3.05) is 0 Å². The highest BCUT2D eigenvalue weighted by atomic mass is 14.9. The van der Waals surface area contributed by atoms with Crippen molar-refractivity contribution < 1.29 is 5.94 Å². The molecule has 17 heavy (non-hydrogen) atoms. The molecule has 0 atom stereocenters. The zero-order valence-electron chi connectivity index (χ0n) is 12.0. The van der Waals surface area contributed by atoms with E-state index in [1.807, 2.05) is 20.9 Å². The van der Waals surface area contributed by atoms with Crippen LogP contribution in [0.5, 0.6) is 0 Å². The molecule has 2 rings (SSSR count). The summed E-state index contributed by atoms with van der Waals surface area (Å²) in [4.78, 5) is 0. The smallest absolute Gasteiger partial charge is 0.201 e. The van der Waals surface area contributed by atoms with Crippen molar-refractivity contribution in [2.45, 2.75) is 26.7 Å². The minimum Gasteiger partial charge on any atom is -0.201 e. The summed E-state index contributed by atoms with van der Waals surface area (Å²) in [5, 5.41) is 0. The van der Waals surface area contributed by atoms with Crippen molar-refractivity contribution in [3.05, 3.63) is 53.7 Å². The predicted octanol–water partition coefficient (Wildman–Crippen LogP) is 3.61. The molecule has 1 aromatic carbocycles. The maximum atomic E-state index is 8.07. The quantitative estimate of drug-likeness (QED) is 0.690. The van der Waals surface area contributed by atoms with Gasteiger partial charge in [-0.3, -0.25) is 0 Å². The molecule has 0 saturated carbocycles. The number of hydrogen-bond donors (Lipinski definition) is 0. The van der Waals surface area contributed by atoms with E-state index >= 15 is 0 Å². The van der Waals surface area contributed by atoms with Gasteiger partial charge in [-0.25, -0.2) is 4.57 Å². The Bertz CT molecular complexity index is 568. The Hall–Kier alpha value is -1.63. The van der Waals surface area contributed by atoms with Gasteiger partial charge in [0.15, 0.2) is 6.20 Å². The second-order valence-electron chi connectivity index (χ2n) is 4.73. The van der Waals surface area contributed by atoms with Crippen molar-refractivity contribution in [3.63, 3.8) is 0 Å². The van der Waals surface area contributed by atoms with E-state index in [1.165, 1.54) is 16.8 Å². The van der Waals surface area contributed by atoms with E-state index in [0.717, 1.165) is 5.56 Å². The molecule has 1 nitrogen and oxygen atoms in total. The molecule has 0 fully saturated rings. The molecule has 0 radical (unpaired) electrons. The summed E-state index contributed by atoms with van der Waals surface area (Å²) < 4.78 is 10.2. The molecule has 0 saturated heterocycles. The fourth-order valence-corrected chi connectivity index (χ4v) is 2.04. The standard InChI is InChI=1S/C16H20N/c1-12(2)14-9-10-16(17(4)11-14)15-8-6-5-7-13(15)3/h5-12H,1-4H3/q+1/i12D. The van der Waals surface area contributed by atoms with Crippen LogP contribution in [0.25, 0.3) is 11.3 Å². The lowest BCUT2D eigenvalue weighted by Crippen LogP contribution is -2.31. The van der Waals surface area contributed by atoms with Crippen LogP contribution >= 0.6 is 0 Å². The molecule has 0 N–H and O–H groups in total. The Balaban J connectivity index is 2.52. The SMILES string of the molecule is [2H]C(C)(C)c1ccc(-c2ccccc2C)[n+](C)c1. The molecular weight excluding hydrogens is 206 g/mol. The van der Waals surface area contributed by atoms with E-state index in [0.29, 0.717) is 0 Å². The lowest BCUT2D eigenvalue weighted by Gasteiger charge is -2.07. The fraction of sp³-hybridized carbons (Fsp3) is 0.312. The van der Waals surface area contributed by atoms with Gasteiger partial charge in [-0.05, 0) is 30.5 Å². The number of nitrogens with zero attached hydrogens (tertiary/aromatic N) is 1. The second-order valence-corrected chi connectivity index (χ2v) is 4.73. The van der Waals surface area contributed by atoms with Crippen molar-refractivity contribution in [1.82, 2.24) is 0 Å². The van der Waals surface area contributed by atoms with Crippen LogP contribution in [0.2, 0.25) is 0 Å². The lowest BCUT2D eigenvalue weighted by atomic mass is 10.0. The van der Waals surface area contributed by atoms with Crippen LogP contribution in [0.4, 0.5) is 0 Å².